The van der Waals surface area contributed by atoms with E-state index >= 15 is 0 Å². The molecule has 3 rings (SSSR count). The van der Waals surface area contributed by atoms with Crippen LogP contribution < -0.4 is 0 Å². The summed E-state index contributed by atoms with van der Waals surface area (Å²) in [5.41, 5.74) is 1.66. The smallest absolute Gasteiger partial charge is 0.204 e. The molecule has 0 saturated carbocycles. The number of carbonyl (C=O) groups is 1. The van der Waals surface area contributed by atoms with E-state index in [0.29, 0.717) is 5.69 Å². The van der Waals surface area contributed by atoms with Gasteiger partial charge < -0.3 is 0 Å². The van der Waals surface area contributed by atoms with Crippen LogP contribution in [0.2, 0.25) is 0 Å². The minimum Gasteiger partial charge on any atom is -0.288 e. The lowest BCUT2D eigenvalue weighted by atomic mass is 9.96. The van der Waals surface area contributed by atoms with Crippen LogP contribution in [0.1, 0.15) is 16.1 Å². The number of benzene rings is 1. The molecule has 0 radical (unpaired) electrons. The highest BCUT2D eigenvalue weighted by atomic mass is 16.1. The predicted molar refractivity (Wildman–Crippen MR) is 58.9 cm³/mol. The molecule has 0 spiro atoms. The molecule has 15 heavy (non-hydrogen) atoms. The van der Waals surface area contributed by atoms with E-state index in [2.05, 4.69) is 4.98 Å². The quantitative estimate of drug-likeness (QED) is 0.646. The summed E-state index contributed by atoms with van der Waals surface area (Å²) in [5.74, 6) is 0.0157. The SMILES string of the molecule is O=C1C=CCc2c1ncc1ccccc21. The molecule has 1 aromatic carbocycles. The van der Waals surface area contributed by atoms with Crippen molar-refractivity contribution in [3.8, 4) is 0 Å². The Kier molecular flexibility index (Phi) is 1.68. The molecule has 1 heterocycles. The number of rotatable bonds is 0. The van der Waals surface area contributed by atoms with Crippen LogP contribution >= 0.6 is 0 Å². The number of nitrogens with zero attached hydrogens (tertiary/aromatic N) is 1. The Morgan fingerprint density at radius 3 is 3.00 bits per heavy atom. The van der Waals surface area contributed by atoms with E-state index in [1.54, 1.807) is 12.3 Å². The van der Waals surface area contributed by atoms with Gasteiger partial charge in [0.05, 0.1) is 0 Å². The van der Waals surface area contributed by atoms with Gasteiger partial charge in [-0.1, -0.05) is 30.3 Å². The van der Waals surface area contributed by atoms with Crippen molar-refractivity contribution in [1.29, 1.82) is 0 Å². The van der Waals surface area contributed by atoms with Crippen molar-refractivity contribution in [2.75, 3.05) is 0 Å². The molecule has 2 nitrogen and oxygen atoms in total. The van der Waals surface area contributed by atoms with E-state index in [1.165, 1.54) is 0 Å². The van der Waals surface area contributed by atoms with Crippen molar-refractivity contribution in [1.82, 2.24) is 4.98 Å². The normalized spacial score (nSPS) is 14.3. The van der Waals surface area contributed by atoms with E-state index in [4.69, 9.17) is 0 Å². The molecule has 0 bridgehead atoms. The van der Waals surface area contributed by atoms with E-state index < -0.39 is 0 Å². The second-order valence-electron chi connectivity index (χ2n) is 3.64. The summed E-state index contributed by atoms with van der Waals surface area (Å²) in [6.45, 7) is 0. The molecular formula is C13H9NO. The van der Waals surface area contributed by atoms with Crippen molar-refractivity contribution in [2.45, 2.75) is 6.42 Å². The van der Waals surface area contributed by atoms with Crippen molar-refractivity contribution < 1.29 is 4.79 Å². The van der Waals surface area contributed by atoms with Crippen LogP contribution in [0.5, 0.6) is 0 Å². The lowest BCUT2D eigenvalue weighted by Crippen LogP contribution is -2.08. The van der Waals surface area contributed by atoms with E-state index in [0.717, 1.165) is 22.8 Å². The molecule has 2 heteroatoms. The minimum atomic E-state index is 0.0157. The van der Waals surface area contributed by atoms with Gasteiger partial charge in [0.2, 0.25) is 5.78 Å². The van der Waals surface area contributed by atoms with Gasteiger partial charge in [0.1, 0.15) is 5.69 Å². The van der Waals surface area contributed by atoms with Gasteiger partial charge in [0.15, 0.2) is 0 Å². The molecule has 1 aromatic heterocycles. The minimum absolute atomic E-state index is 0.0157. The lowest BCUT2D eigenvalue weighted by molar-refractivity contribution is 0.104. The second-order valence-corrected chi connectivity index (χ2v) is 3.64. The van der Waals surface area contributed by atoms with Gasteiger partial charge >= 0.3 is 0 Å². The molecule has 1 aliphatic carbocycles. The van der Waals surface area contributed by atoms with Crippen molar-refractivity contribution >= 4 is 16.6 Å². The highest BCUT2D eigenvalue weighted by Crippen LogP contribution is 2.24. The van der Waals surface area contributed by atoms with Crippen LogP contribution in [0.25, 0.3) is 10.8 Å². The second kappa shape index (κ2) is 3.02. The maximum absolute atomic E-state index is 11.6. The fourth-order valence-corrected chi connectivity index (χ4v) is 2.01. The molecule has 0 unspecified atom stereocenters. The molecule has 0 amide bonds. The van der Waals surface area contributed by atoms with Crippen molar-refractivity contribution in [3.63, 3.8) is 0 Å². The summed E-state index contributed by atoms with van der Waals surface area (Å²) >= 11 is 0. The van der Waals surface area contributed by atoms with Crippen LogP contribution in [0.15, 0.2) is 42.6 Å². The highest BCUT2D eigenvalue weighted by molar-refractivity contribution is 6.08. The Morgan fingerprint density at radius 1 is 1.20 bits per heavy atom. The van der Waals surface area contributed by atoms with Gasteiger partial charge in [-0.05, 0) is 23.4 Å². The van der Waals surface area contributed by atoms with Crippen LogP contribution in [-0.2, 0) is 6.42 Å². The summed E-state index contributed by atoms with van der Waals surface area (Å²) in [4.78, 5) is 15.8. The van der Waals surface area contributed by atoms with Gasteiger partial charge in [-0.15, -0.1) is 0 Å². The van der Waals surface area contributed by atoms with E-state index in [9.17, 15) is 4.79 Å². The van der Waals surface area contributed by atoms with Crippen molar-refractivity contribution in [3.05, 3.63) is 53.9 Å². The Hall–Kier alpha value is -1.96. The third-order valence-corrected chi connectivity index (χ3v) is 2.73. The fraction of sp³-hybridized carbons (Fsp3) is 0.0769. The average molecular weight is 195 g/mol. The first-order valence-corrected chi connectivity index (χ1v) is 4.94. The monoisotopic (exact) mass is 195 g/mol. The molecule has 1 aliphatic rings. The first kappa shape index (κ1) is 8.36. The molecule has 0 atom stereocenters. The third kappa shape index (κ3) is 1.18. The van der Waals surface area contributed by atoms with Gasteiger partial charge in [-0.3, -0.25) is 9.78 Å². The summed E-state index contributed by atoms with van der Waals surface area (Å²) in [6, 6.07) is 8.04. The molecule has 0 N–H and O–H groups in total. The fourth-order valence-electron chi connectivity index (χ4n) is 2.01. The Labute approximate surface area is 87.3 Å². The van der Waals surface area contributed by atoms with Gasteiger partial charge in [0.25, 0.3) is 0 Å². The number of carbonyl (C=O) groups excluding carboxylic acids is 1. The summed E-state index contributed by atoms with van der Waals surface area (Å²) in [5, 5.41) is 2.24. The molecule has 72 valence electrons. The standard InChI is InChI=1S/C13H9NO/c15-12-7-3-6-11-10-5-2-1-4-9(10)8-14-13(11)12/h1-5,7-8H,6H2. The van der Waals surface area contributed by atoms with E-state index in [1.807, 2.05) is 30.3 Å². The Morgan fingerprint density at radius 2 is 2.07 bits per heavy atom. The highest BCUT2D eigenvalue weighted by Gasteiger charge is 2.16. The van der Waals surface area contributed by atoms with E-state index in [-0.39, 0.29) is 5.78 Å². The topological polar surface area (TPSA) is 30.0 Å². The average Bonchev–Trinajstić information content (AvgIpc) is 2.29. The maximum Gasteiger partial charge on any atom is 0.204 e. The van der Waals surface area contributed by atoms with Gasteiger partial charge in [-0.2, -0.15) is 0 Å². The van der Waals surface area contributed by atoms with Crippen molar-refractivity contribution in [2.24, 2.45) is 0 Å². The molecular weight excluding hydrogens is 186 g/mol. The zero-order valence-electron chi connectivity index (χ0n) is 8.10. The Bertz CT molecular complexity index is 584. The predicted octanol–water partition coefficient (Wildman–Crippen LogP) is 2.53. The molecule has 0 saturated heterocycles. The largest absolute Gasteiger partial charge is 0.288 e. The zero-order chi connectivity index (χ0) is 10.3. The number of hydrogen-bond acceptors (Lipinski definition) is 2. The number of hydrogen-bond donors (Lipinski definition) is 0. The molecule has 0 fully saturated rings. The first-order chi connectivity index (χ1) is 7.36. The van der Waals surface area contributed by atoms with Crippen LogP contribution in [0, 0.1) is 0 Å². The number of pyridine rings is 1. The van der Waals surface area contributed by atoms with Crippen LogP contribution in [0.3, 0.4) is 0 Å². The number of allylic oxidation sites excluding steroid dienone is 2. The van der Waals surface area contributed by atoms with Crippen LogP contribution in [0.4, 0.5) is 0 Å². The first-order valence-electron chi connectivity index (χ1n) is 4.94. The number of fused-ring (bicyclic) bond motifs is 3. The summed E-state index contributed by atoms with van der Waals surface area (Å²) in [7, 11) is 0. The zero-order valence-corrected chi connectivity index (χ0v) is 8.10. The molecule has 2 aromatic rings. The van der Waals surface area contributed by atoms with Gasteiger partial charge in [0, 0.05) is 11.6 Å². The van der Waals surface area contributed by atoms with Crippen LogP contribution in [-0.4, -0.2) is 10.8 Å². The summed E-state index contributed by atoms with van der Waals surface area (Å²) in [6.07, 6.45) is 6.07. The number of aromatic nitrogens is 1. The summed E-state index contributed by atoms with van der Waals surface area (Å²) < 4.78 is 0. The Balaban J connectivity index is 2.41. The number of ketones is 1. The molecule has 0 aliphatic heterocycles. The maximum atomic E-state index is 11.6. The van der Waals surface area contributed by atoms with Gasteiger partial charge in [-0.25, -0.2) is 0 Å². The lowest BCUT2D eigenvalue weighted by Gasteiger charge is -2.11. The third-order valence-electron chi connectivity index (χ3n) is 2.73.